The molecule has 5 nitrogen and oxygen atoms in total. The third-order valence-electron chi connectivity index (χ3n) is 3.31. The summed E-state index contributed by atoms with van der Waals surface area (Å²) in [5.74, 6) is -0.153. The zero-order valence-electron chi connectivity index (χ0n) is 14.5. The number of hydrogen-bond acceptors (Lipinski definition) is 3. The number of amides is 2. The summed E-state index contributed by atoms with van der Waals surface area (Å²) in [6.45, 7) is 10.2. The standard InChI is InChI=1S/C17H27N3O2.ClH/c1-16(2,3)15(22)19-10-12-6-8-13(9-7-12)14(21)20-17(4,5)11-18;/h6-9H,10-11,18H2,1-5H3,(H,19,22)(H,20,21);1H. The van der Waals surface area contributed by atoms with Crippen molar-refractivity contribution in [2.24, 2.45) is 11.1 Å². The number of benzene rings is 1. The summed E-state index contributed by atoms with van der Waals surface area (Å²) in [7, 11) is 0. The molecule has 2 amide bonds. The summed E-state index contributed by atoms with van der Waals surface area (Å²) >= 11 is 0. The highest BCUT2D eigenvalue weighted by molar-refractivity contribution is 5.94. The van der Waals surface area contributed by atoms with Gasteiger partial charge >= 0.3 is 0 Å². The zero-order valence-corrected chi connectivity index (χ0v) is 15.3. The molecule has 0 saturated carbocycles. The molecule has 0 aromatic heterocycles. The molecule has 0 bridgehead atoms. The molecular weight excluding hydrogens is 314 g/mol. The van der Waals surface area contributed by atoms with Crippen molar-refractivity contribution in [3.8, 4) is 0 Å². The number of carbonyl (C=O) groups excluding carboxylic acids is 2. The van der Waals surface area contributed by atoms with Crippen LogP contribution in [-0.2, 0) is 11.3 Å². The van der Waals surface area contributed by atoms with Crippen LogP contribution in [0, 0.1) is 5.41 Å². The highest BCUT2D eigenvalue weighted by Crippen LogP contribution is 2.13. The molecule has 0 aliphatic carbocycles. The van der Waals surface area contributed by atoms with Gasteiger partial charge in [0.25, 0.3) is 5.91 Å². The first-order valence-electron chi connectivity index (χ1n) is 7.45. The fraction of sp³-hybridized carbons (Fsp3) is 0.529. The van der Waals surface area contributed by atoms with E-state index in [1.54, 1.807) is 12.1 Å². The van der Waals surface area contributed by atoms with Crippen molar-refractivity contribution in [1.82, 2.24) is 10.6 Å². The topological polar surface area (TPSA) is 84.2 Å². The smallest absolute Gasteiger partial charge is 0.251 e. The molecule has 0 radical (unpaired) electrons. The molecule has 0 aliphatic rings. The fourth-order valence-electron chi connectivity index (χ4n) is 1.65. The Labute approximate surface area is 144 Å². The summed E-state index contributed by atoms with van der Waals surface area (Å²) in [5.41, 5.74) is 6.29. The van der Waals surface area contributed by atoms with E-state index in [0.29, 0.717) is 18.7 Å². The van der Waals surface area contributed by atoms with E-state index in [2.05, 4.69) is 10.6 Å². The third-order valence-corrected chi connectivity index (χ3v) is 3.31. The van der Waals surface area contributed by atoms with E-state index in [1.807, 2.05) is 46.8 Å². The van der Waals surface area contributed by atoms with Crippen LogP contribution in [0.1, 0.15) is 50.5 Å². The van der Waals surface area contributed by atoms with Gasteiger partial charge in [0, 0.05) is 29.6 Å². The molecular formula is C17H28ClN3O2. The Morgan fingerprint density at radius 3 is 2.00 bits per heavy atom. The molecule has 23 heavy (non-hydrogen) atoms. The maximum absolute atomic E-state index is 12.1. The predicted molar refractivity (Wildman–Crippen MR) is 95.6 cm³/mol. The largest absolute Gasteiger partial charge is 0.352 e. The van der Waals surface area contributed by atoms with Crippen LogP contribution in [-0.4, -0.2) is 23.9 Å². The van der Waals surface area contributed by atoms with Crippen LogP contribution in [0.4, 0.5) is 0 Å². The second kappa shape index (κ2) is 8.31. The van der Waals surface area contributed by atoms with Gasteiger partial charge in [-0.2, -0.15) is 0 Å². The monoisotopic (exact) mass is 341 g/mol. The molecule has 0 aliphatic heterocycles. The summed E-state index contributed by atoms with van der Waals surface area (Å²) in [6.07, 6.45) is 0. The molecule has 130 valence electrons. The Bertz CT molecular complexity index is 534. The molecule has 1 rings (SSSR count). The minimum absolute atomic E-state index is 0. The number of rotatable bonds is 5. The minimum atomic E-state index is -0.434. The Kier molecular flexibility index (Phi) is 7.74. The van der Waals surface area contributed by atoms with Crippen LogP contribution >= 0.6 is 12.4 Å². The molecule has 6 heteroatoms. The zero-order chi connectivity index (χ0) is 17.0. The molecule has 1 aromatic carbocycles. The lowest BCUT2D eigenvalue weighted by Crippen LogP contribution is -2.48. The number of halogens is 1. The number of hydrogen-bond donors (Lipinski definition) is 3. The highest BCUT2D eigenvalue weighted by Gasteiger charge is 2.21. The van der Waals surface area contributed by atoms with E-state index in [-0.39, 0.29) is 24.2 Å². The van der Waals surface area contributed by atoms with Gasteiger partial charge in [0.2, 0.25) is 5.91 Å². The van der Waals surface area contributed by atoms with Gasteiger partial charge < -0.3 is 16.4 Å². The first kappa shape index (κ1) is 21.4. The number of nitrogens with one attached hydrogen (secondary N) is 2. The van der Waals surface area contributed by atoms with Crippen LogP contribution in [0.5, 0.6) is 0 Å². The van der Waals surface area contributed by atoms with Crippen molar-refractivity contribution in [3.63, 3.8) is 0 Å². The van der Waals surface area contributed by atoms with E-state index < -0.39 is 11.0 Å². The van der Waals surface area contributed by atoms with Gasteiger partial charge in [0.1, 0.15) is 0 Å². The fourth-order valence-corrected chi connectivity index (χ4v) is 1.65. The van der Waals surface area contributed by atoms with Crippen molar-refractivity contribution in [3.05, 3.63) is 35.4 Å². The Hall–Kier alpha value is -1.59. The molecule has 1 aromatic rings. The lowest BCUT2D eigenvalue weighted by Gasteiger charge is -2.24. The average molecular weight is 342 g/mol. The second-order valence-corrected chi connectivity index (χ2v) is 7.17. The Morgan fingerprint density at radius 1 is 1.04 bits per heavy atom. The predicted octanol–water partition coefficient (Wildman–Crippen LogP) is 2.24. The van der Waals surface area contributed by atoms with E-state index >= 15 is 0 Å². The molecule has 0 atom stereocenters. The van der Waals surface area contributed by atoms with Crippen LogP contribution in [0.15, 0.2) is 24.3 Å². The van der Waals surface area contributed by atoms with Crippen LogP contribution < -0.4 is 16.4 Å². The van der Waals surface area contributed by atoms with Gasteiger partial charge in [0.05, 0.1) is 0 Å². The molecule has 0 saturated heterocycles. The molecule has 4 N–H and O–H groups in total. The molecule has 0 heterocycles. The number of nitrogens with two attached hydrogens (primary N) is 1. The Balaban J connectivity index is 0.00000484. The third kappa shape index (κ3) is 7.01. The quantitative estimate of drug-likeness (QED) is 0.767. The second-order valence-electron chi connectivity index (χ2n) is 7.17. The molecule has 0 spiro atoms. The van der Waals surface area contributed by atoms with Crippen molar-refractivity contribution < 1.29 is 9.59 Å². The van der Waals surface area contributed by atoms with Crippen LogP contribution in [0.25, 0.3) is 0 Å². The summed E-state index contributed by atoms with van der Waals surface area (Å²) in [6, 6.07) is 7.18. The SMILES string of the molecule is CC(C)(CN)NC(=O)c1ccc(CNC(=O)C(C)(C)C)cc1.Cl. The van der Waals surface area contributed by atoms with Gasteiger partial charge in [-0.15, -0.1) is 12.4 Å². The normalized spacial score (nSPS) is 11.4. The minimum Gasteiger partial charge on any atom is -0.352 e. The van der Waals surface area contributed by atoms with Crippen LogP contribution in [0.3, 0.4) is 0 Å². The van der Waals surface area contributed by atoms with Crippen molar-refractivity contribution >= 4 is 24.2 Å². The molecule has 0 fully saturated rings. The lowest BCUT2D eigenvalue weighted by molar-refractivity contribution is -0.128. The average Bonchev–Trinajstić information content (AvgIpc) is 2.43. The maximum Gasteiger partial charge on any atom is 0.251 e. The van der Waals surface area contributed by atoms with E-state index in [1.165, 1.54) is 0 Å². The van der Waals surface area contributed by atoms with Gasteiger partial charge in [0.15, 0.2) is 0 Å². The highest BCUT2D eigenvalue weighted by atomic mass is 35.5. The van der Waals surface area contributed by atoms with E-state index in [0.717, 1.165) is 5.56 Å². The van der Waals surface area contributed by atoms with E-state index in [9.17, 15) is 9.59 Å². The van der Waals surface area contributed by atoms with Gasteiger partial charge in [-0.25, -0.2) is 0 Å². The van der Waals surface area contributed by atoms with Gasteiger partial charge in [-0.3, -0.25) is 9.59 Å². The van der Waals surface area contributed by atoms with Crippen molar-refractivity contribution in [1.29, 1.82) is 0 Å². The summed E-state index contributed by atoms with van der Waals surface area (Å²) in [4.78, 5) is 23.9. The molecule has 0 unspecified atom stereocenters. The number of carbonyl (C=O) groups is 2. The van der Waals surface area contributed by atoms with Gasteiger partial charge in [-0.1, -0.05) is 32.9 Å². The van der Waals surface area contributed by atoms with E-state index in [4.69, 9.17) is 5.73 Å². The van der Waals surface area contributed by atoms with Gasteiger partial charge in [-0.05, 0) is 31.5 Å². The summed E-state index contributed by atoms with van der Waals surface area (Å²) in [5, 5.41) is 5.76. The first-order chi connectivity index (χ1) is 10.0. The lowest BCUT2D eigenvalue weighted by atomic mass is 9.95. The van der Waals surface area contributed by atoms with Crippen molar-refractivity contribution in [2.45, 2.75) is 46.7 Å². The maximum atomic E-state index is 12.1. The van der Waals surface area contributed by atoms with Crippen molar-refractivity contribution in [2.75, 3.05) is 6.54 Å². The Morgan fingerprint density at radius 2 is 1.57 bits per heavy atom. The first-order valence-corrected chi connectivity index (χ1v) is 7.45. The van der Waals surface area contributed by atoms with Crippen LogP contribution in [0.2, 0.25) is 0 Å². The summed E-state index contributed by atoms with van der Waals surface area (Å²) < 4.78 is 0.